The minimum absolute atomic E-state index is 0.0552. The van der Waals surface area contributed by atoms with Crippen molar-refractivity contribution in [1.82, 2.24) is 4.90 Å². The van der Waals surface area contributed by atoms with Crippen LogP contribution in [0.15, 0.2) is 77.8 Å². The normalized spacial score (nSPS) is 21.4. The Bertz CT molecular complexity index is 1220. The van der Waals surface area contributed by atoms with E-state index >= 15 is 0 Å². The number of benzene rings is 3. The number of hydrogen-bond acceptors (Lipinski definition) is 4. The average Bonchev–Trinajstić information content (AvgIpc) is 3.23. The van der Waals surface area contributed by atoms with E-state index in [1.165, 1.54) is 5.56 Å². The third-order valence-corrected chi connectivity index (χ3v) is 6.99. The first kappa shape index (κ1) is 22.5. The van der Waals surface area contributed by atoms with Gasteiger partial charge in [-0.3, -0.25) is 4.79 Å². The third kappa shape index (κ3) is 4.28. The zero-order chi connectivity index (χ0) is 23.7. The predicted octanol–water partition coefficient (Wildman–Crippen LogP) is 5.45. The summed E-state index contributed by atoms with van der Waals surface area (Å²) in [5.74, 6) is 1.40. The quantitative estimate of drug-likeness (QED) is 0.494. The highest BCUT2D eigenvalue weighted by molar-refractivity contribution is 6.31. The number of ether oxygens (including phenoxy) is 2. The molecule has 2 heterocycles. The van der Waals surface area contributed by atoms with Crippen molar-refractivity contribution >= 4 is 23.4 Å². The molecule has 174 valence electrons. The van der Waals surface area contributed by atoms with Gasteiger partial charge >= 0.3 is 0 Å². The van der Waals surface area contributed by atoms with Crippen LogP contribution in [0.2, 0.25) is 5.02 Å². The van der Waals surface area contributed by atoms with Crippen LogP contribution in [0.1, 0.15) is 41.6 Å². The lowest BCUT2D eigenvalue weighted by atomic mass is 9.87. The minimum atomic E-state index is -0.242. The standard InChI is InChI=1S/C28H27ClN2O3/c1-18-25(30-28(34-18)20-11-13-21(33-2)14-12-20)17-26(32)31-16-15-19-7-3-4-8-22(19)27(31)23-9-5-6-10-24(23)29/h3-14,18,25,27H,15-17H2,1-2H3/t18-,25+,27+/m0/s1. The summed E-state index contributed by atoms with van der Waals surface area (Å²) in [7, 11) is 1.64. The van der Waals surface area contributed by atoms with Gasteiger partial charge in [-0.05, 0) is 60.4 Å². The van der Waals surface area contributed by atoms with Crippen LogP contribution in [-0.2, 0) is 16.0 Å². The van der Waals surface area contributed by atoms with Crippen molar-refractivity contribution in [2.75, 3.05) is 13.7 Å². The molecule has 0 saturated heterocycles. The van der Waals surface area contributed by atoms with Crippen molar-refractivity contribution in [3.63, 3.8) is 0 Å². The van der Waals surface area contributed by atoms with Crippen LogP contribution in [0.5, 0.6) is 5.75 Å². The fourth-order valence-corrected chi connectivity index (χ4v) is 5.03. The number of carbonyl (C=O) groups excluding carboxylic acids is 1. The Hall–Kier alpha value is -3.31. The summed E-state index contributed by atoms with van der Waals surface area (Å²) in [5, 5.41) is 0.666. The molecular formula is C28H27ClN2O3. The van der Waals surface area contributed by atoms with Gasteiger partial charge in [-0.15, -0.1) is 0 Å². The maximum absolute atomic E-state index is 13.7. The van der Waals surface area contributed by atoms with Gasteiger partial charge in [-0.1, -0.05) is 54.1 Å². The first-order valence-corrected chi connectivity index (χ1v) is 11.9. The topological polar surface area (TPSA) is 51.1 Å². The van der Waals surface area contributed by atoms with Crippen LogP contribution in [-0.4, -0.2) is 42.5 Å². The van der Waals surface area contributed by atoms with E-state index in [-0.39, 0.29) is 30.5 Å². The molecule has 6 heteroatoms. The number of methoxy groups -OCH3 is 1. The van der Waals surface area contributed by atoms with Crippen LogP contribution in [0.3, 0.4) is 0 Å². The van der Waals surface area contributed by atoms with Crippen LogP contribution in [0.4, 0.5) is 0 Å². The van der Waals surface area contributed by atoms with E-state index in [2.05, 4.69) is 12.1 Å². The fourth-order valence-electron chi connectivity index (χ4n) is 4.79. The number of carbonyl (C=O) groups is 1. The van der Waals surface area contributed by atoms with Gasteiger partial charge in [0.25, 0.3) is 0 Å². The molecule has 0 N–H and O–H groups in total. The van der Waals surface area contributed by atoms with Gasteiger partial charge in [0, 0.05) is 17.1 Å². The summed E-state index contributed by atoms with van der Waals surface area (Å²) in [6.45, 7) is 2.61. The molecule has 0 bridgehead atoms. The maximum Gasteiger partial charge on any atom is 0.225 e. The first-order valence-electron chi connectivity index (χ1n) is 11.6. The van der Waals surface area contributed by atoms with Crippen molar-refractivity contribution in [1.29, 1.82) is 0 Å². The van der Waals surface area contributed by atoms with E-state index in [0.717, 1.165) is 28.9 Å². The van der Waals surface area contributed by atoms with Crippen molar-refractivity contribution < 1.29 is 14.3 Å². The molecule has 2 aliphatic rings. The number of amides is 1. The van der Waals surface area contributed by atoms with E-state index in [1.54, 1.807) is 7.11 Å². The number of halogens is 1. The van der Waals surface area contributed by atoms with E-state index in [9.17, 15) is 4.79 Å². The summed E-state index contributed by atoms with van der Waals surface area (Å²) in [5.41, 5.74) is 4.22. The van der Waals surface area contributed by atoms with Gasteiger partial charge in [-0.2, -0.15) is 0 Å². The summed E-state index contributed by atoms with van der Waals surface area (Å²) in [4.78, 5) is 20.4. The van der Waals surface area contributed by atoms with Crippen molar-refractivity contribution in [2.24, 2.45) is 4.99 Å². The van der Waals surface area contributed by atoms with Gasteiger partial charge in [0.15, 0.2) is 0 Å². The van der Waals surface area contributed by atoms with Crippen LogP contribution >= 0.6 is 11.6 Å². The third-order valence-electron chi connectivity index (χ3n) is 6.65. The van der Waals surface area contributed by atoms with Gasteiger partial charge < -0.3 is 14.4 Å². The number of nitrogens with zero attached hydrogens (tertiary/aromatic N) is 2. The lowest BCUT2D eigenvalue weighted by Gasteiger charge is -2.38. The Balaban J connectivity index is 1.41. The van der Waals surface area contributed by atoms with Crippen molar-refractivity contribution in [3.8, 4) is 5.75 Å². The molecule has 0 radical (unpaired) electrons. The minimum Gasteiger partial charge on any atom is -0.497 e. The molecule has 0 spiro atoms. The summed E-state index contributed by atoms with van der Waals surface area (Å²) < 4.78 is 11.3. The highest BCUT2D eigenvalue weighted by Gasteiger charge is 2.36. The highest BCUT2D eigenvalue weighted by atomic mass is 35.5. The van der Waals surface area contributed by atoms with E-state index in [0.29, 0.717) is 17.5 Å². The second kappa shape index (κ2) is 9.51. The number of fused-ring (bicyclic) bond motifs is 1. The average molecular weight is 475 g/mol. The molecule has 0 unspecified atom stereocenters. The molecule has 0 aromatic heterocycles. The molecule has 0 saturated carbocycles. The zero-order valence-corrected chi connectivity index (χ0v) is 20.0. The number of hydrogen-bond donors (Lipinski definition) is 0. The number of rotatable bonds is 5. The SMILES string of the molecule is COc1ccc(C2=N[C@H](CC(=O)N3CCc4ccccc4[C@@H]3c3ccccc3Cl)[C@H](C)O2)cc1. The Morgan fingerprint density at radius 3 is 2.50 bits per heavy atom. The van der Waals surface area contributed by atoms with Crippen LogP contribution < -0.4 is 4.74 Å². The Morgan fingerprint density at radius 1 is 1.06 bits per heavy atom. The highest BCUT2D eigenvalue weighted by Crippen LogP contribution is 2.39. The Labute approximate surface area is 205 Å². The van der Waals surface area contributed by atoms with Crippen LogP contribution in [0, 0.1) is 0 Å². The summed E-state index contributed by atoms with van der Waals surface area (Å²) in [6, 6.07) is 23.2. The molecule has 5 nitrogen and oxygen atoms in total. The molecule has 3 atom stereocenters. The molecule has 34 heavy (non-hydrogen) atoms. The molecule has 5 rings (SSSR count). The molecule has 0 aliphatic carbocycles. The van der Waals surface area contributed by atoms with Gasteiger partial charge in [-0.25, -0.2) is 4.99 Å². The number of aliphatic imine (C=N–C) groups is 1. The van der Waals surface area contributed by atoms with Crippen LogP contribution in [0.25, 0.3) is 0 Å². The second-order valence-electron chi connectivity index (χ2n) is 8.72. The summed E-state index contributed by atoms with van der Waals surface area (Å²) >= 11 is 6.61. The first-order chi connectivity index (χ1) is 16.5. The van der Waals surface area contributed by atoms with E-state index in [1.807, 2.05) is 72.5 Å². The van der Waals surface area contributed by atoms with E-state index in [4.69, 9.17) is 26.1 Å². The fraction of sp³-hybridized carbons (Fsp3) is 0.286. The molecule has 3 aromatic rings. The largest absolute Gasteiger partial charge is 0.497 e. The Morgan fingerprint density at radius 2 is 1.76 bits per heavy atom. The predicted molar refractivity (Wildman–Crippen MR) is 134 cm³/mol. The van der Waals surface area contributed by atoms with Crippen molar-refractivity contribution in [2.45, 2.75) is 38.0 Å². The van der Waals surface area contributed by atoms with Gasteiger partial charge in [0.1, 0.15) is 11.9 Å². The smallest absolute Gasteiger partial charge is 0.225 e. The Kier molecular flexibility index (Phi) is 6.29. The van der Waals surface area contributed by atoms with Crippen molar-refractivity contribution in [3.05, 3.63) is 100 Å². The molecule has 3 aromatic carbocycles. The lowest BCUT2D eigenvalue weighted by Crippen LogP contribution is -2.42. The van der Waals surface area contributed by atoms with E-state index < -0.39 is 0 Å². The lowest BCUT2D eigenvalue weighted by molar-refractivity contribution is -0.134. The monoisotopic (exact) mass is 474 g/mol. The summed E-state index contributed by atoms with van der Waals surface area (Å²) in [6.07, 6.45) is 0.918. The molecule has 2 aliphatic heterocycles. The van der Waals surface area contributed by atoms with Gasteiger partial charge in [0.05, 0.1) is 25.6 Å². The molecular weight excluding hydrogens is 448 g/mol. The van der Waals surface area contributed by atoms with Gasteiger partial charge in [0.2, 0.25) is 11.8 Å². The molecule has 0 fully saturated rings. The molecule has 1 amide bonds. The maximum atomic E-state index is 13.7. The second-order valence-corrected chi connectivity index (χ2v) is 9.12. The zero-order valence-electron chi connectivity index (χ0n) is 19.3.